The van der Waals surface area contributed by atoms with Crippen LogP contribution in [0.3, 0.4) is 0 Å². The Morgan fingerprint density at radius 2 is 1.88 bits per heavy atom. The molecule has 0 atom stereocenters. The molecule has 0 fully saturated rings. The summed E-state index contributed by atoms with van der Waals surface area (Å²) in [6.07, 6.45) is 0. The number of hydrogen-bond donors (Lipinski definition) is 1. The standard InChI is InChI=1S/C5H2Cl2N4O3S.Na/c6-3-9-4(7)11-5(10-3)8-1-2-15-14-13-12;/h12H,(H,8,9,10,11);/q;+1/p-1. The molecule has 7 nitrogen and oxygen atoms in total. The molecule has 0 aliphatic rings. The van der Waals surface area contributed by atoms with Crippen molar-refractivity contribution in [2.75, 3.05) is 5.32 Å². The van der Waals surface area contributed by atoms with Gasteiger partial charge in [-0.2, -0.15) is 19.3 Å². The number of nitrogens with zero attached hydrogens (tertiary/aromatic N) is 3. The summed E-state index contributed by atoms with van der Waals surface area (Å²) in [5, 5.41) is 17.0. The average molecular weight is 291 g/mol. The van der Waals surface area contributed by atoms with Crippen LogP contribution >= 0.6 is 35.2 Å². The summed E-state index contributed by atoms with van der Waals surface area (Å²) in [7, 11) is 0. The van der Waals surface area contributed by atoms with Crippen LogP contribution in [0.2, 0.25) is 10.6 Å². The van der Waals surface area contributed by atoms with Crippen LogP contribution in [0.25, 0.3) is 0 Å². The van der Waals surface area contributed by atoms with Gasteiger partial charge in [-0.15, -0.1) is 0 Å². The summed E-state index contributed by atoms with van der Waals surface area (Å²) < 4.78 is 3.86. The number of nitrogens with one attached hydrogen (secondary N) is 1. The molecule has 16 heavy (non-hydrogen) atoms. The zero-order valence-electron chi connectivity index (χ0n) is 7.73. The van der Waals surface area contributed by atoms with E-state index < -0.39 is 0 Å². The Hall–Kier alpha value is 0.180. The molecule has 0 saturated heterocycles. The summed E-state index contributed by atoms with van der Waals surface area (Å²) in [4.78, 5) is 10.8. The topological polar surface area (TPSA) is 92.2 Å². The molecule has 80 valence electrons. The minimum absolute atomic E-state index is 0. The third kappa shape index (κ3) is 6.70. The third-order valence-electron chi connectivity index (χ3n) is 0.910. The molecule has 11 heteroatoms. The maximum Gasteiger partial charge on any atom is 1.00 e. The van der Waals surface area contributed by atoms with Crippen LogP contribution in [-0.4, -0.2) is 15.0 Å². The van der Waals surface area contributed by atoms with E-state index in [4.69, 9.17) is 23.2 Å². The van der Waals surface area contributed by atoms with Gasteiger partial charge in [0.25, 0.3) is 0 Å². The quantitative estimate of drug-likeness (QED) is 0.123. The number of anilines is 1. The van der Waals surface area contributed by atoms with Gasteiger partial charge in [0, 0.05) is 11.3 Å². The van der Waals surface area contributed by atoms with Crippen LogP contribution in [0, 0.1) is 11.3 Å². The van der Waals surface area contributed by atoms with Gasteiger partial charge in [-0.3, -0.25) is 10.4 Å². The summed E-state index contributed by atoms with van der Waals surface area (Å²) >= 11 is 11.5. The van der Waals surface area contributed by atoms with Crippen LogP contribution in [0.5, 0.6) is 0 Å². The molecule has 1 aromatic rings. The molecule has 0 spiro atoms. The molecule has 1 heterocycles. The third-order valence-corrected chi connectivity index (χ3v) is 1.56. The van der Waals surface area contributed by atoms with Crippen molar-refractivity contribution in [2.24, 2.45) is 0 Å². The van der Waals surface area contributed by atoms with Gasteiger partial charge in [-0.1, -0.05) is 0 Å². The summed E-state index contributed by atoms with van der Waals surface area (Å²) in [5.74, 6) is 0.0798. The average Bonchev–Trinajstić information content (AvgIpc) is 2.16. The van der Waals surface area contributed by atoms with Gasteiger partial charge in [0.1, 0.15) is 12.0 Å². The Bertz CT molecular complexity index is 381. The first-order chi connectivity index (χ1) is 7.22. The predicted molar refractivity (Wildman–Crippen MR) is 51.0 cm³/mol. The van der Waals surface area contributed by atoms with Crippen molar-refractivity contribution < 1.29 is 44.2 Å². The van der Waals surface area contributed by atoms with Crippen LogP contribution in [0.1, 0.15) is 0 Å². The van der Waals surface area contributed by atoms with E-state index in [0.717, 1.165) is 0 Å². The van der Waals surface area contributed by atoms with Gasteiger partial charge >= 0.3 is 29.6 Å². The van der Waals surface area contributed by atoms with Crippen molar-refractivity contribution in [3.05, 3.63) is 10.6 Å². The van der Waals surface area contributed by atoms with Gasteiger partial charge in [-0.05, 0) is 23.2 Å². The second-order valence-electron chi connectivity index (χ2n) is 1.77. The minimum atomic E-state index is -0.0638. The second-order valence-corrected chi connectivity index (χ2v) is 2.95. The Labute approximate surface area is 127 Å². The van der Waals surface area contributed by atoms with Crippen LogP contribution in [-0.2, 0) is 9.37 Å². The number of rotatable bonds is 3. The Kier molecular flexibility index (Phi) is 9.34. The molecule has 0 amide bonds. The zero-order chi connectivity index (χ0) is 11.1. The smallest absolute Gasteiger partial charge is 0.691 e. The van der Waals surface area contributed by atoms with E-state index in [1.807, 2.05) is 0 Å². The molecule has 0 aliphatic carbocycles. The fraction of sp³-hybridized carbons (Fsp3) is 0. The minimum Gasteiger partial charge on any atom is -0.691 e. The first-order valence-corrected chi connectivity index (χ1v) is 4.67. The van der Waals surface area contributed by atoms with Gasteiger partial charge in [-0.25, -0.2) is 0 Å². The van der Waals surface area contributed by atoms with Crippen molar-refractivity contribution in [3.8, 4) is 11.3 Å². The Balaban J connectivity index is 0.00000225. The monoisotopic (exact) mass is 290 g/mol. The fourth-order valence-electron chi connectivity index (χ4n) is 0.515. The molecule has 1 aromatic heterocycles. The van der Waals surface area contributed by atoms with E-state index in [-0.39, 0.29) is 46.1 Å². The van der Waals surface area contributed by atoms with Crippen molar-refractivity contribution in [3.63, 3.8) is 0 Å². The van der Waals surface area contributed by atoms with Crippen molar-refractivity contribution >= 4 is 41.2 Å². The first-order valence-electron chi connectivity index (χ1n) is 3.17. The fourth-order valence-corrected chi connectivity index (χ4v) is 1.03. The van der Waals surface area contributed by atoms with Crippen LogP contribution in [0.15, 0.2) is 0 Å². The molecular formula is C5HCl2N4NaO3S. The molecule has 0 aliphatic heterocycles. The van der Waals surface area contributed by atoms with Crippen LogP contribution < -0.4 is 40.1 Å². The van der Waals surface area contributed by atoms with Crippen molar-refractivity contribution in [2.45, 2.75) is 0 Å². The normalized spacial score (nSPS) is 8.69. The molecule has 0 unspecified atom stereocenters. The predicted octanol–water partition coefficient (Wildman–Crippen LogP) is -2.62. The summed E-state index contributed by atoms with van der Waals surface area (Å²) in [5.41, 5.74) is 0. The number of hydrogen-bond acceptors (Lipinski definition) is 8. The maximum absolute atomic E-state index is 9.35. The van der Waals surface area contributed by atoms with E-state index in [9.17, 15) is 5.26 Å². The molecule has 1 rings (SSSR count). The van der Waals surface area contributed by atoms with Gasteiger partial charge in [0.15, 0.2) is 0 Å². The van der Waals surface area contributed by atoms with Gasteiger partial charge in [0.05, 0.1) is 0 Å². The van der Waals surface area contributed by atoms with E-state index in [1.54, 1.807) is 0 Å². The first kappa shape index (κ1) is 16.2. The van der Waals surface area contributed by atoms with E-state index in [0.29, 0.717) is 12.0 Å². The number of halogens is 2. The summed E-state index contributed by atoms with van der Waals surface area (Å²) in [6.45, 7) is 0. The SMILES string of the molecule is [Na+].[O-]OOSC#CNc1nc(Cl)nc(Cl)n1. The molecule has 0 bridgehead atoms. The molecule has 0 aromatic carbocycles. The molecule has 0 radical (unpaired) electrons. The largest absolute Gasteiger partial charge is 1.00 e. The van der Waals surface area contributed by atoms with E-state index in [1.165, 1.54) is 0 Å². The zero-order valence-corrected chi connectivity index (χ0v) is 12.1. The van der Waals surface area contributed by atoms with Crippen molar-refractivity contribution in [1.29, 1.82) is 0 Å². The van der Waals surface area contributed by atoms with Gasteiger partial charge < -0.3 is 5.26 Å². The van der Waals surface area contributed by atoms with Crippen molar-refractivity contribution in [1.82, 2.24) is 15.0 Å². The second kappa shape index (κ2) is 9.23. The maximum atomic E-state index is 9.35. The molecule has 1 N–H and O–H groups in total. The van der Waals surface area contributed by atoms with E-state index >= 15 is 0 Å². The number of aromatic nitrogens is 3. The Morgan fingerprint density at radius 1 is 1.25 bits per heavy atom. The van der Waals surface area contributed by atoms with E-state index in [2.05, 4.69) is 40.9 Å². The molecular weight excluding hydrogens is 290 g/mol. The van der Waals surface area contributed by atoms with Gasteiger partial charge in [0.2, 0.25) is 16.5 Å². The molecule has 0 saturated carbocycles. The van der Waals surface area contributed by atoms with Crippen LogP contribution in [0.4, 0.5) is 5.95 Å². The Morgan fingerprint density at radius 3 is 2.44 bits per heavy atom. The summed E-state index contributed by atoms with van der Waals surface area (Å²) in [6, 6.07) is 2.34.